The van der Waals surface area contributed by atoms with Crippen LogP contribution in [0.25, 0.3) is 11.3 Å². The Labute approximate surface area is 162 Å². The Balaban J connectivity index is 1.78. The summed E-state index contributed by atoms with van der Waals surface area (Å²) in [5.74, 6) is 2.19. The zero-order valence-electron chi connectivity index (χ0n) is 15.2. The summed E-state index contributed by atoms with van der Waals surface area (Å²) in [6.45, 7) is 2.12. The molecule has 0 spiro atoms. The standard InChI is InChI=1S/C20H20N4O2S/c1-3-11-27-20-22-19-17(23-24-20)15-9-4-5-10-16(15)21-18(26-19)13-7-6-8-14(12-13)25-2/h4-10,12,18,21H,3,11H2,1-2H3/t18-/m0/s1. The fraction of sp³-hybridized carbons (Fsp3) is 0.250. The van der Waals surface area contributed by atoms with Crippen molar-refractivity contribution in [2.45, 2.75) is 24.7 Å². The minimum atomic E-state index is -0.414. The van der Waals surface area contributed by atoms with Crippen molar-refractivity contribution in [3.05, 3.63) is 54.1 Å². The molecule has 0 fully saturated rings. The Morgan fingerprint density at radius 3 is 2.89 bits per heavy atom. The summed E-state index contributed by atoms with van der Waals surface area (Å²) >= 11 is 1.58. The molecule has 0 saturated heterocycles. The number of para-hydroxylation sites is 1. The van der Waals surface area contributed by atoms with E-state index in [0.717, 1.165) is 34.7 Å². The van der Waals surface area contributed by atoms with Crippen LogP contribution in [-0.4, -0.2) is 28.0 Å². The fourth-order valence-electron chi connectivity index (χ4n) is 2.86. The minimum absolute atomic E-state index is 0.414. The van der Waals surface area contributed by atoms with Gasteiger partial charge in [-0.3, -0.25) is 0 Å². The van der Waals surface area contributed by atoms with E-state index in [9.17, 15) is 0 Å². The average Bonchev–Trinajstić information content (AvgIpc) is 2.88. The maximum absolute atomic E-state index is 6.25. The molecule has 0 saturated carbocycles. The molecule has 7 heteroatoms. The van der Waals surface area contributed by atoms with Gasteiger partial charge in [0.2, 0.25) is 11.0 Å². The van der Waals surface area contributed by atoms with Crippen molar-refractivity contribution in [3.63, 3.8) is 0 Å². The Morgan fingerprint density at radius 1 is 1.15 bits per heavy atom. The number of nitrogens with zero attached hydrogens (tertiary/aromatic N) is 3. The van der Waals surface area contributed by atoms with E-state index in [0.29, 0.717) is 16.7 Å². The number of ether oxygens (including phenoxy) is 2. The first-order chi connectivity index (χ1) is 13.3. The second kappa shape index (κ2) is 7.84. The average molecular weight is 380 g/mol. The van der Waals surface area contributed by atoms with Gasteiger partial charge in [0.1, 0.15) is 5.75 Å². The monoisotopic (exact) mass is 380 g/mol. The highest BCUT2D eigenvalue weighted by molar-refractivity contribution is 7.99. The molecule has 4 rings (SSSR count). The highest BCUT2D eigenvalue weighted by atomic mass is 32.2. The van der Waals surface area contributed by atoms with Crippen LogP contribution in [0.4, 0.5) is 5.69 Å². The van der Waals surface area contributed by atoms with Crippen molar-refractivity contribution < 1.29 is 9.47 Å². The predicted molar refractivity (Wildman–Crippen MR) is 106 cm³/mol. The normalized spacial score (nSPS) is 15.0. The van der Waals surface area contributed by atoms with E-state index in [1.54, 1.807) is 18.9 Å². The molecule has 1 aliphatic heterocycles. The molecule has 6 nitrogen and oxygen atoms in total. The highest BCUT2D eigenvalue weighted by Crippen LogP contribution is 2.39. The summed E-state index contributed by atoms with van der Waals surface area (Å²) in [7, 11) is 1.65. The number of fused-ring (bicyclic) bond motifs is 3. The number of nitrogens with one attached hydrogen (secondary N) is 1. The van der Waals surface area contributed by atoms with E-state index in [2.05, 4.69) is 27.4 Å². The van der Waals surface area contributed by atoms with Gasteiger partial charge in [-0.1, -0.05) is 49.0 Å². The van der Waals surface area contributed by atoms with Gasteiger partial charge in [0.15, 0.2) is 11.9 Å². The van der Waals surface area contributed by atoms with Gasteiger partial charge in [0.25, 0.3) is 0 Å². The number of hydrogen-bond acceptors (Lipinski definition) is 7. The molecular weight excluding hydrogens is 360 g/mol. The molecule has 1 aliphatic rings. The smallest absolute Gasteiger partial charge is 0.247 e. The lowest BCUT2D eigenvalue weighted by Gasteiger charge is -2.19. The summed E-state index contributed by atoms with van der Waals surface area (Å²) in [4.78, 5) is 4.62. The first kappa shape index (κ1) is 17.6. The Kier molecular flexibility index (Phi) is 5.11. The molecule has 0 unspecified atom stereocenters. The molecule has 0 amide bonds. The number of anilines is 1. The second-order valence-electron chi connectivity index (χ2n) is 6.06. The number of thioether (sulfide) groups is 1. The fourth-order valence-corrected chi connectivity index (χ4v) is 3.49. The van der Waals surface area contributed by atoms with Crippen LogP contribution < -0.4 is 14.8 Å². The molecule has 138 valence electrons. The first-order valence-electron chi connectivity index (χ1n) is 8.82. The number of hydrogen-bond donors (Lipinski definition) is 1. The Bertz CT molecular complexity index is 951. The zero-order chi connectivity index (χ0) is 18.6. The molecule has 1 atom stereocenters. The molecule has 27 heavy (non-hydrogen) atoms. The largest absolute Gasteiger partial charge is 0.497 e. The van der Waals surface area contributed by atoms with E-state index in [1.165, 1.54) is 0 Å². The van der Waals surface area contributed by atoms with Crippen LogP contribution in [0.1, 0.15) is 25.1 Å². The predicted octanol–water partition coefficient (Wildman–Crippen LogP) is 4.55. The maximum atomic E-state index is 6.25. The molecule has 1 aromatic heterocycles. The summed E-state index contributed by atoms with van der Waals surface area (Å²) < 4.78 is 11.6. The van der Waals surface area contributed by atoms with Crippen molar-refractivity contribution in [1.29, 1.82) is 0 Å². The molecule has 3 aromatic rings. The summed E-state index contributed by atoms with van der Waals surface area (Å²) in [6, 6.07) is 15.7. The Hall–Kier alpha value is -2.80. The van der Waals surface area contributed by atoms with Gasteiger partial charge in [-0.05, 0) is 24.6 Å². The molecular formula is C20H20N4O2S. The maximum Gasteiger partial charge on any atom is 0.247 e. The van der Waals surface area contributed by atoms with Crippen LogP contribution in [0.2, 0.25) is 0 Å². The van der Waals surface area contributed by atoms with E-state index >= 15 is 0 Å². The van der Waals surface area contributed by atoms with Crippen molar-refractivity contribution in [2.75, 3.05) is 18.2 Å². The van der Waals surface area contributed by atoms with Gasteiger partial charge in [-0.25, -0.2) is 0 Å². The third kappa shape index (κ3) is 3.68. The number of aromatic nitrogens is 3. The first-order valence-corrected chi connectivity index (χ1v) is 9.81. The van der Waals surface area contributed by atoms with Gasteiger partial charge >= 0.3 is 0 Å². The quantitative estimate of drug-likeness (QED) is 0.651. The number of benzene rings is 2. The molecule has 0 radical (unpaired) electrons. The Morgan fingerprint density at radius 2 is 2.04 bits per heavy atom. The number of methoxy groups -OCH3 is 1. The van der Waals surface area contributed by atoms with Crippen molar-refractivity contribution in [1.82, 2.24) is 15.2 Å². The van der Waals surface area contributed by atoms with Crippen molar-refractivity contribution in [2.24, 2.45) is 0 Å². The SMILES string of the molecule is CCCSc1nnc2c(n1)O[C@@H](c1cccc(OC)c1)Nc1ccccc1-2. The van der Waals surface area contributed by atoms with E-state index < -0.39 is 6.23 Å². The van der Waals surface area contributed by atoms with Crippen LogP contribution in [0.3, 0.4) is 0 Å². The third-order valence-electron chi connectivity index (χ3n) is 4.17. The minimum Gasteiger partial charge on any atom is -0.497 e. The molecule has 0 bridgehead atoms. The highest BCUT2D eigenvalue weighted by Gasteiger charge is 2.26. The van der Waals surface area contributed by atoms with Crippen LogP contribution in [-0.2, 0) is 0 Å². The van der Waals surface area contributed by atoms with Crippen LogP contribution >= 0.6 is 11.8 Å². The summed E-state index contributed by atoms with van der Waals surface area (Å²) in [6.07, 6.45) is 0.631. The van der Waals surface area contributed by atoms with Crippen molar-refractivity contribution >= 4 is 17.4 Å². The molecule has 2 heterocycles. The number of rotatable bonds is 5. The van der Waals surface area contributed by atoms with Gasteiger partial charge < -0.3 is 14.8 Å². The zero-order valence-corrected chi connectivity index (χ0v) is 16.0. The van der Waals surface area contributed by atoms with Crippen LogP contribution in [0.5, 0.6) is 11.6 Å². The van der Waals surface area contributed by atoms with Crippen LogP contribution in [0, 0.1) is 0 Å². The molecule has 0 aliphatic carbocycles. The van der Waals surface area contributed by atoms with Gasteiger partial charge in [0, 0.05) is 22.6 Å². The summed E-state index contributed by atoms with van der Waals surface area (Å²) in [5.41, 5.74) is 3.43. The lowest BCUT2D eigenvalue weighted by atomic mass is 10.1. The second-order valence-corrected chi connectivity index (χ2v) is 7.12. The lowest BCUT2D eigenvalue weighted by molar-refractivity contribution is 0.224. The van der Waals surface area contributed by atoms with Gasteiger partial charge in [0.05, 0.1) is 7.11 Å². The van der Waals surface area contributed by atoms with Crippen molar-refractivity contribution in [3.8, 4) is 22.9 Å². The third-order valence-corrected chi connectivity index (χ3v) is 5.21. The van der Waals surface area contributed by atoms with E-state index in [1.807, 2.05) is 48.5 Å². The topological polar surface area (TPSA) is 69.2 Å². The van der Waals surface area contributed by atoms with Gasteiger partial charge in [-0.2, -0.15) is 4.98 Å². The van der Waals surface area contributed by atoms with E-state index in [4.69, 9.17) is 9.47 Å². The lowest BCUT2D eigenvalue weighted by Crippen LogP contribution is -2.17. The van der Waals surface area contributed by atoms with Gasteiger partial charge in [-0.15, -0.1) is 10.2 Å². The summed E-state index contributed by atoms with van der Waals surface area (Å²) in [5, 5.41) is 12.8. The molecule has 1 N–H and O–H groups in total. The molecule has 2 aromatic carbocycles. The van der Waals surface area contributed by atoms with E-state index in [-0.39, 0.29) is 0 Å². The van der Waals surface area contributed by atoms with Crippen LogP contribution in [0.15, 0.2) is 53.7 Å².